The Hall–Kier alpha value is -6.37. The highest BCUT2D eigenvalue weighted by Gasteiger charge is 2.79. The van der Waals surface area contributed by atoms with Gasteiger partial charge >= 0.3 is 6.09 Å². The van der Waals surface area contributed by atoms with Gasteiger partial charge in [0.15, 0.2) is 24.1 Å². The first kappa shape index (κ1) is 51.5. The number of hydrogen-bond acceptors (Lipinski definition) is 13. The Morgan fingerprint density at radius 3 is 2.45 bits per heavy atom. The number of carbonyl (C=O) groups excluding carboxylic acids is 4. The van der Waals surface area contributed by atoms with Crippen molar-refractivity contribution in [2.45, 2.75) is 148 Å². The van der Waals surface area contributed by atoms with E-state index in [1.807, 2.05) is 66.7 Å². The second kappa shape index (κ2) is 19.5. The summed E-state index contributed by atoms with van der Waals surface area (Å²) in [4.78, 5) is 66.1. The van der Waals surface area contributed by atoms with Crippen LogP contribution < -0.4 is 5.32 Å². The number of Topliss-reactive ketones (excluding diaryl/α,β-unsaturated/α-hetero) is 2. The number of aromatic nitrogens is 2. The molecule has 2 aromatic carbocycles. The number of phenols is 1. The van der Waals surface area contributed by atoms with E-state index in [1.54, 1.807) is 36.1 Å². The molecule has 0 bridgehead atoms. The third kappa shape index (κ3) is 8.14. The molecule has 2 saturated heterocycles. The summed E-state index contributed by atoms with van der Waals surface area (Å²) < 4.78 is 32.7. The minimum Gasteiger partial charge on any atom is -0.508 e. The fourth-order valence-corrected chi connectivity index (χ4v) is 13.0. The Morgan fingerprint density at radius 2 is 1.78 bits per heavy atom. The number of aromatic amines is 1. The number of rotatable bonds is 11. The zero-order chi connectivity index (χ0) is 52.5. The van der Waals surface area contributed by atoms with Crippen LogP contribution in [0.4, 0.5) is 4.79 Å². The van der Waals surface area contributed by atoms with E-state index >= 15 is 4.79 Å². The number of benzene rings is 2. The lowest BCUT2D eigenvalue weighted by Gasteiger charge is -2.60. The molecule has 11 unspecified atom stereocenters. The summed E-state index contributed by atoms with van der Waals surface area (Å²) in [5.74, 6) is 10.1. The van der Waals surface area contributed by atoms with Gasteiger partial charge in [-0.15, -0.1) is 0 Å². The van der Waals surface area contributed by atoms with E-state index in [9.17, 15) is 29.7 Å². The van der Waals surface area contributed by atoms with E-state index in [0.29, 0.717) is 50.5 Å². The summed E-state index contributed by atoms with van der Waals surface area (Å²) in [5.41, 5.74) is -1.16. The largest absolute Gasteiger partial charge is 0.508 e. The van der Waals surface area contributed by atoms with Gasteiger partial charge in [-0.25, -0.2) is 4.79 Å². The number of H-pyrrole nitrogens is 1. The number of nitrogens with one attached hydrogen (secondary N) is 2. The third-order valence-corrected chi connectivity index (χ3v) is 15.9. The van der Waals surface area contributed by atoms with Crippen molar-refractivity contribution in [3.05, 3.63) is 94.3 Å². The highest BCUT2D eigenvalue weighted by molar-refractivity contribution is 6.17. The van der Waals surface area contributed by atoms with Crippen molar-refractivity contribution in [1.29, 1.82) is 0 Å². The average Bonchev–Trinajstić information content (AvgIpc) is 3.80. The number of ether oxygens (including phenoxy) is 5. The van der Waals surface area contributed by atoms with Gasteiger partial charge in [0.25, 0.3) is 0 Å². The highest BCUT2D eigenvalue weighted by Crippen LogP contribution is 2.67. The molecular formula is C57H64N4O12. The number of methoxy groups -OCH3 is 1. The molecule has 2 aliphatic heterocycles. The standard InChI is InChI=1S/C57H64N4O12/c1-11-16-39-46-43(17-14-12-13-15-21-55(46)50(60-54(67)69-10)42(64)27-56(39,55)68)72-53-49(73-44-25-31(5)41(28-70-44)61(29(2)3)35(9)62)52(66)57(34(8)71-53,45-32(6)23-30(4)24-33(45)7)51(65)48-47-37(20-22-58-48)38-26-36(63)18-19-40(38)59-47/h12-13,16,18-20,22-24,26,29,31,34,41,43-44,46,49-50,52-53,59,63,66,68H,11,25,27-28H2,1-10H3,(H,60,67)/b13-12-,39-16+/t31?,34?,41?,43-,44?,46?,49?,50?,52?,53?,55?,56-,57?/m0/s1. The highest BCUT2D eigenvalue weighted by atomic mass is 16.7. The molecule has 2 aromatic heterocycles. The van der Waals surface area contributed by atoms with Crippen LogP contribution in [-0.2, 0) is 38.7 Å². The van der Waals surface area contributed by atoms with E-state index in [2.05, 4.69) is 34.0 Å². The Bertz CT molecular complexity index is 3080. The van der Waals surface area contributed by atoms with E-state index in [0.717, 1.165) is 5.56 Å². The first-order valence-corrected chi connectivity index (χ1v) is 25.0. The van der Waals surface area contributed by atoms with Gasteiger partial charge in [-0.05, 0) is 113 Å². The Morgan fingerprint density at radius 1 is 1.05 bits per heavy atom. The van der Waals surface area contributed by atoms with Crippen LogP contribution >= 0.6 is 0 Å². The van der Waals surface area contributed by atoms with Gasteiger partial charge in [-0.1, -0.05) is 61.3 Å². The average molecular weight is 997 g/mol. The number of allylic oxidation sites excluding steroid dienone is 3. The van der Waals surface area contributed by atoms with Crippen LogP contribution in [0.25, 0.3) is 21.8 Å². The minimum atomic E-state index is -1.96. The smallest absolute Gasteiger partial charge is 0.407 e. The molecule has 2 amide bonds. The van der Waals surface area contributed by atoms with Crippen LogP contribution in [0.15, 0.2) is 66.4 Å². The molecule has 16 heteroatoms. The second-order valence-corrected chi connectivity index (χ2v) is 20.6. The lowest BCUT2D eigenvalue weighted by molar-refractivity contribution is -0.338. The number of aromatic hydroxyl groups is 1. The molecule has 9 rings (SSSR count). The van der Waals surface area contributed by atoms with E-state index in [4.69, 9.17) is 28.7 Å². The summed E-state index contributed by atoms with van der Waals surface area (Å²) >= 11 is 0. The molecule has 73 heavy (non-hydrogen) atoms. The number of aliphatic hydroxyl groups excluding tert-OH is 1. The summed E-state index contributed by atoms with van der Waals surface area (Å²) in [6, 6.07) is 8.77. The number of amides is 2. The number of ketones is 2. The molecule has 4 fully saturated rings. The van der Waals surface area contributed by atoms with Crippen molar-refractivity contribution < 1.29 is 58.2 Å². The monoisotopic (exact) mass is 996 g/mol. The number of carbonyl (C=O) groups is 4. The van der Waals surface area contributed by atoms with Gasteiger partial charge in [-0.3, -0.25) is 19.4 Å². The molecule has 4 aromatic rings. The molecular weight excluding hydrogens is 933 g/mol. The molecule has 16 nitrogen and oxygen atoms in total. The Kier molecular flexibility index (Phi) is 13.8. The van der Waals surface area contributed by atoms with Crippen molar-refractivity contribution >= 4 is 45.4 Å². The third-order valence-electron chi connectivity index (χ3n) is 15.9. The summed E-state index contributed by atoms with van der Waals surface area (Å²) in [5, 5.41) is 40.9. The predicted octanol–water partition coefficient (Wildman–Crippen LogP) is 6.31. The number of aryl methyl sites for hydroxylation is 3. The zero-order valence-corrected chi connectivity index (χ0v) is 42.9. The normalized spacial score (nSPS) is 33.5. The van der Waals surface area contributed by atoms with Crippen molar-refractivity contribution in [2.24, 2.45) is 17.3 Å². The topological polar surface area (TPSA) is 219 Å². The zero-order valence-electron chi connectivity index (χ0n) is 42.9. The summed E-state index contributed by atoms with van der Waals surface area (Å²) in [6.07, 6.45) is -2.45. The maximum Gasteiger partial charge on any atom is 0.407 e. The molecule has 0 radical (unpaired) electrons. The number of phenolic OH excluding ortho intramolecular Hbond substituents is 1. The van der Waals surface area contributed by atoms with Crippen molar-refractivity contribution in [2.75, 3.05) is 13.7 Å². The van der Waals surface area contributed by atoms with E-state index in [-0.39, 0.29) is 54.8 Å². The Balaban J connectivity index is 1.21. The first-order valence-electron chi connectivity index (χ1n) is 25.0. The predicted molar refractivity (Wildman–Crippen MR) is 270 cm³/mol. The minimum absolute atomic E-state index is 0.0103. The fraction of sp³-hybridized carbons (Fsp3) is 0.491. The van der Waals surface area contributed by atoms with Gasteiger partial charge in [0, 0.05) is 54.2 Å². The van der Waals surface area contributed by atoms with Crippen LogP contribution in [0, 0.1) is 61.7 Å². The molecule has 384 valence electrons. The SMILES string of the molecule is CC/C=C1\C2[C@@H](OC3OC(C)C(C(=O)c4nccc5c4[nH]c4ccc(O)cc45)(c4c(C)cc(C)cc4C)C(O)C3OC3CC(C)C(N(C(C)=O)C(C)C)CO3)C#C/C=C\C#CC23C(NC(=O)OC)C(=O)C[C@]13O. The molecule has 5 aliphatic rings. The maximum absolute atomic E-state index is 16.3. The molecule has 5 N–H and O–H groups in total. The molecule has 13 atom stereocenters. The maximum atomic E-state index is 16.3. The summed E-state index contributed by atoms with van der Waals surface area (Å²) in [6.45, 7) is 16.8. The summed E-state index contributed by atoms with van der Waals surface area (Å²) in [7, 11) is 1.18. The van der Waals surface area contributed by atoms with Crippen LogP contribution in [0.5, 0.6) is 5.75 Å². The van der Waals surface area contributed by atoms with Gasteiger partial charge in [-0.2, -0.15) is 0 Å². The quantitative estimate of drug-likeness (QED) is 0.0633. The van der Waals surface area contributed by atoms with Crippen molar-refractivity contribution in [3.63, 3.8) is 0 Å². The van der Waals surface area contributed by atoms with Crippen molar-refractivity contribution in [3.8, 4) is 29.4 Å². The van der Waals surface area contributed by atoms with Gasteiger partial charge in [0.05, 0.1) is 31.4 Å². The van der Waals surface area contributed by atoms with Crippen molar-refractivity contribution in [1.82, 2.24) is 20.2 Å². The molecule has 3 aliphatic carbocycles. The second-order valence-electron chi connectivity index (χ2n) is 20.6. The van der Waals surface area contributed by atoms with Gasteiger partial charge in [0.2, 0.25) is 5.91 Å². The van der Waals surface area contributed by atoms with Gasteiger partial charge in [0.1, 0.15) is 52.2 Å². The van der Waals surface area contributed by atoms with Gasteiger partial charge < -0.3 is 54.2 Å². The lowest BCUT2D eigenvalue weighted by Crippen LogP contribution is -2.72. The number of pyridine rings is 1. The Labute approximate surface area is 424 Å². The molecule has 4 heterocycles. The van der Waals surface area contributed by atoms with Crippen LogP contribution in [0.2, 0.25) is 0 Å². The first-order chi connectivity index (χ1) is 34.7. The van der Waals surface area contributed by atoms with E-state index in [1.165, 1.54) is 32.4 Å². The molecule has 1 spiro atoms. The van der Waals surface area contributed by atoms with E-state index < -0.39 is 83.0 Å². The van der Waals surface area contributed by atoms with Crippen LogP contribution in [0.1, 0.15) is 93.5 Å². The van der Waals surface area contributed by atoms with Crippen LogP contribution in [-0.4, -0.2) is 128 Å². The lowest BCUT2D eigenvalue weighted by atomic mass is 9.45. The number of alkyl carbamates (subject to hydrolysis) is 1. The number of fused-ring (bicyclic) bond motifs is 3. The number of aliphatic hydroxyl groups is 2. The fourth-order valence-electron chi connectivity index (χ4n) is 13.0. The number of hydrogen-bond donors (Lipinski definition) is 5. The number of nitrogens with zero attached hydrogens (tertiary/aromatic N) is 2. The molecule has 2 saturated carbocycles. The van der Waals surface area contributed by atoms with Crippen LogP contribution in [0.3, 0.4) is 0 Å².